The number of carbonyl (C=O) groups is 1. The van der Waals surface area contributed by atoms with Crippen molar-refractivity contribution in [3.05, 3.63) is 63.1 Å². The number of hydrogen-bond donors (Lipinski definition) is 1. The molecule has 0 spiro atoms. The van der Waals surface area contributed by atoms with Crippen LogP contribution in [0.1, 0.15) is 10.4 Å². The lowest BCUT2D eigenvalue weighted by molar-refractivity contribution is 0.102. The Morgan fingerprint density at radius 3 is 2.33 bits per heavy atom. The minimum Gasteiger partial charge on any atom is -0.321 e. The number of nitrogens with one attached hydrogen (secondary N) is 1. The number of rotatable bonds is 2. The van der Waals surface area contributed by atoms with Crippen LogP contribution in [-0.2, 0) is 0 Å². The smallest absolute Gasteiger partial charge is 0.255 e. The quantitative estimate of drug-likeness (QED) is 0.785. The summed E-state index contributed by atoms with van der Waals surface area (Å²) in [7, 11) is 0. The van der Waals surface area contributed by atoms with E-state index in [0.717, 1.165) is 0 Å². The third-order valence-corrected chi connectivity index (χ3v) is 3.30. The molecule has 2 aromatic carbocycles. The molecule has 0 aliphatic heterocycles. The van der Waals surface area contributed by atoms with Gasteiger partial charge in [0.2, 0.25) is 0 Å². The molecule has 2 rings (SSSR count). The molecule has 18 heavy (non-hydrogen) atoms. The van der Waals surface area contributed by atoms with Crippen molar-refractivity contribution in [3.8, 4) is 0 Å². The van der Waals surface area contributed by atoms with Gasteiger partial charge in [-0.2, -0.15) is 0 Å². The van der Waals surface area contributed by atoms with Gasteiger partial charge in [-0.25, -0.2) is 0 Å². The van der Waals surface area contributed by atoms with Crippen LogP contribution >= 0.6 is 34.8 Å². The summed E-state index contributed by atoms with van der Waals surface area (Å²) in [6.45, 7) is 0. The van der Waals surface area contributed by atoms with Gasteiger partial charge in [0.1, 0.15) is 0 Å². The zero-order valence-corrected chi connectivity index (χ0v) is 11.4. The number of halogens is 3. The van der Waals surface area contributed by atoms with Gasteiger partial charge in [-0.15, -0.1) is 0 Å². The summed E-state index contributed by atoms with van der Waals surface area (Å²) in [5.41, 5.74) is 0.924. The zero-order valence-electron chi connectivity index (χ0n) is 9.08. The highest BCUT2D eigenvalue weighted by Gasteiger charge is 2.11. The van der Waals surface area contributed by atoms with Gasteiger partial charge in [0, 0.05) is 10.6 Å². The van der Waals surface area contributed by atoms with Crippen LogP contribution in [0.25, 0.3) is 0 Å². The predicted molar refractivity (Wildman–Crippen MR) is 75.9 cm³/mol. The van der Waals surface area contributed by atoms with Crippen LogP contribution < -0.4 is 5.32 Å². The van der Waals surface area contributed by atoms with Crippen molar-refractivity contribution in [2.45, 2.75) is 0 Å². The van der Waals surface area contributed by atoms with E-state index in [2.05, 4.69) is 5.32 Å². The Kier molecular flexibility index (Phi) is 4.12. The Morgan fingerprint density at radius 1 is 1.00 bits per heavy atom. The van der Waals surface area contributed by atoms with Crippen LogP contribution in [0.15, 0.2) is 42.5 Å². The van der Waals surface area contributed by atoms with E-state index < -0.39 is 0 Å². The highest BCUT2D eigenvalue weighted by molar-refractivity contribution is 6.45. The Bertz CT molecular complexity index is 584. The first-order valence-corrected chi connectivity index (χ1v) is 6.22. The summed E-state index contributed by atoms with van der Waals surface area (Å²) in [6, 6.07) is 11.9. The van der Waals surface area contributed by atoms with Gasteiger partial charge in [0.15, 0.2) is 0 Å². The maximum atomic E-state index is 11.9. The second kappa shape index (κ2) is 5.61. The largest absolute Gasteiger partial charge is 0.321 e. The van der Waals surface area contributed by atoms with Gasteiger partial charge < -0.3 is 5.32 Å². The number of amides is 1. The van der Waals surface area contributed by atoms with E-state index >= 15 is 0 Å². The third-order valence-electron chi connectivity index (χ3n) is 2.28. The molecule has 0 bridgehead atoms. The van der Waals surface area contributed by atoms with Crippen molar-refractivity contribution in [1.82, 2.24) is 0 Å². The van der Waals surface area contributed by atoms with E-state index in [1.807, 2.05) is 6.07 Å². The monoisotopic (exact) mass is 299 g/mol. The molecule has 0 fully saturated rings. The first-order chi connectivity index (χ1) is 8.58. The highest BCUT2D eigenvalue weighted by Crippen LogP contribution is 2.33. The minimum atomic E-state index is -0.268. The van der Waals surface area contributed by atoms with Crippen LogP contribution in [0.5, 0.6) is 0 Å². The second-order valence-electron chi connectivity index (χ2n) is 3.57. The maximum Gasteiger partial charge on any atom is 0.255 e. The van der Waals surface area contributed by atoms with Gasteiger partial charge in [0.05, 0.1) is 15.7 Å². The summed E-state index contributed by atoms with van der Waals surface area (Å²) in [5, 5.41) is 3.65. The molecule has 0 aliphatic rings. The third kappa shape index (κ3) is 2.96. The molecule has 0 heterocycles. The Morgan fingerprint density at radius 2 is 1.67 bits per heavy atom. The number of anilines is 1. The molecule has 2 aromatic rings. The fourth-order valence-corrected chi connectivity index (χ4v) is 2.08. The molecule has 92 valence electrons. The van der Waals surface area contributed by atoms with Gasteiger partial charge >= 0.3 is 0 Å². The number of hydrogen-bond acceptors (Lipinski definition) is 1. The Balaban J connectivity index is 2.28. The molecule has 1 amide bonds. The summed E-state index contributed by atoms with van der Waals surface area (Å²) in [4.78, 5) is 11.9. The normalized spacial score (nSPS) is 10.2. The van der Waals surface area contributed by atoms with Gasteiger partial charge in [0.25, 0.3) is 5.91 Å². The summed E-state index contributed by atoms with van der Waals surface area (Å²) in [6.07, 6.45) is 0. The average Bonchev–Trinajstić information content (AvgIpc) is 2.36. The van der Waals surface area contributed by atoms with E-state index in [-0.39, 0.29) is 10.9 Å². The predicted octanol–water partition coefficient (Wildman–Crippen LogP) is 4.90. The molecule has 1 N–H and O–H groups in total. The molecule has 0 atom stereocenters. The fraction of sp³-hybridized carbons (Fsp3) is 0. The summed E-state index contributed by atoms with van der Waals surface area (Å²) >= 11 is 17.7. The molecule has 0 saturated heterocycles. The SMILES string of the molecule is O=C(Nc1cc(Cl)cc(Cl)c1Cl)c1ccccc1. The number of carbonyl (C=O) groups excluding carboxylic acids is 1. The molecular weight excluding hydrogens is 293 g/mol. The lowest BCUT2D eigenvalue weighted by Gasteiger charge is -2.09. The van der Waals surface area contributed by atoms with E-state index in [1.54, 1.807) is 30.3 Å². The summed E-state index contributed by atoms with van der Waals surface area (Å²) in [5.74, 6) is -0.268. The van der Waals surface area contributed by atoms with Gasteiger partial charge in [-0.05, 0) is 24.3 Å². The van der Waals surface area contributed by atoms with Crippen molar-refractivity contribution < 1.29 is 4.79 Å². The second-order valence-corrected chi connectivity index (χ2v) is 4.79. The minimum absolute atomic E-state index is 0.268. The Hall–Kier alpha value is -1.22. The molecule has 5 heteroatoms. The van der Waals surface area contributed by atoms with Gasteiger partial charge in [-0.3, -0.25) is 4.79 Å². The van der Waals surface area contributed by atoms with Crippen LogP contribution in [0.3, 0.4) is 0 Å². The molecule has 0 radical (unpaired) electrons. The molecule has 0 aliphatic carbocycles. The lowest BCUT2D eigenvalue weighted by atomic mass is 10.2. The van der Waals surface area contributed by atoms with Crippen molar-refractivity contribution in [2.75, 3.05) is 5.32 Å². The van der Waals surface area contributed by atoms with E-state index in [9.17, 15) is 4.79 Å². The maximum absolute atomic E-state index is 11.9. The van der Waals surface area contributed by atoms with Gasteiger partial charge in [-0.1, -0.05) is 53.0 Å². The summed E-state index contributed by atoms with van der Waals surface area (Å²) < 4.78 is 0. The topological polar surface area (TPSA) is 29.1 Å². The van der Waals surface area contributed by atoms with E-state index in [0.29, 0.717) is 21.3 Å². The molecule has 0 aromatic heterocycles. The van der Waals surface area contributed by atoms with Crippen LogP contribution in [0.2, 0.25) is 15.1 Å². The van der Waals surface area contributed by atoms with Crippen molar-refractivity contribution >= 4 is 46.4 Å². The molecular formula is C13H8Cl3NO. The first-order valence-electron chi connectivity index (χ1n) is 5.09. The van der Waals surface area contributed by atoms with Crippen LogP contribution in [0, 0.1) is 0 Å². The standard InChI is InChI=1S/C13H8Cl3NO/c14-9-6-10(15)12(16)11(7-9)17-13(18)8-4-2-1-3-5-8/h1-7H,(H,17,18). The highest BCUT2D eigenvalue weighted by atomic mass is 35.5. The van der Waals surface area contributed by atoms with E-state index in [1.165, 1.54) is 6.07 Å². The molecule has 0 unspecified atom stereocenters. The lowest BCUT2D eigenvalue weighted by Crippen LogP contribution is -2.12. The number of benzene rings is 2. The van der Waals surface area contributed by atoms with Crippen LogP contribution in [-0.4, -0.2) is 5.91 Å². The fourth-order valence-electron chi connectivity index (χ4n) is 1.43. The van der Waals surface area contributed by atoms with Crippen molar-refractivity contribution in [1.29, 1.82) is 0 Å². The average molecular weight is 301 g/mol. The van der Waals surface area contributed by atoms with E-state index in [4.69, 9.17) is 34.8 Å². The van der Waals surface area contributed by atoms with Crippen LogP contribution in [0.4, 0.5) is 5.69 Å². The first kappa shape index (κ1) is 13.2. The Labute approximate surface area is 119 Å². The zero-order chi connectivity index (χ0) is 13.1. The van der Waals surface area contributed by atoms with Crippen molar-refractivity contribution in [3.63, 3.8) is 0 Å². The molecule has 2 nitrogen and oxygen atoms in total. The van der Waals surface area contributed by atoms with Crippen molar-refractivity contribution in [2.24, 2.45) is 0 Å². The molecule has 0 saturated carbocycles.